The Morgan fingerprint density at radius 2 is 2.00 bits per heavy atom. The number of H-pyrrole nitrogens is 2. The zero-order valence-corrected chi connectivity index (χ0v) is 15.9. The molecule has 9 heteroatoms. The van der Waals surface area contributed by atoms with Gasteiger partial charge in [0.05, 0.1) is 6.54 Å². The van der Waals surface area contributed by atoms with Gasteiger partial charge in [-0.15, -0.1) is 0 Å². The molecule has 3 N–H and O–H groups in total. The number of fused-ring (bicyclic) bond motifs is 1. The molecule has 0 atom stereocenters. The molecular formula is C17H20BrN5O3. The molecule has 1 aliphatic rings. The highest BCUT2D eigenvalue weighted by Crippen LogP contribution is 2.17. The van der Waals surface area contributed by atoms with Crippen LogP contribution in [-0.2, 0) is 13.0 Å². The van der Waals surface area contributed by atoms with Crippen LogP contribution >= 0.6 is 15.9 Å². The Morgan fingerprint density at radius 3 is 2.73 bits per heavy atom. The van der Waals surface area contributed by atoms with Crippen molar-refractivity contribution in [2.75, 3.05) is 31.6 Å². The van der Waals surface area contributed by atoms with Crippen molar-refractivity contribution in [3.8, 4) is 0 Å². The number of anilines is 1. The van der Waals surface area contributed by atoms with Gasteiger partial charge in [-0.3, -0.25) is 9.78 Å². The molecule has 138 valence electrons. The van der Waals surface area contributed by atoms with Crippen LogP contribution in [-0.4, -0.2) is 47.6 Å². The zero-order chi connectivity index (χ0) is 18.7. The van der Waals surface area contributed by atoms with E-state index < -0.39 is 5.69 Å². The van der Waals surface area contributed by atoms with Gasteiger partial charge in [0, 0.05) is 48.1 Å². The number of urea groups is 1. The Bertz CT molecular complexity index is 906. The summed E-state index contributed by atoms with van der Waals surface area (Å²) < 4.78 is 1.02. The number of hydrogen-bond acceptors (Lipinski definition) is 4. The number of aromatic amines is 2. The number of benzene rings is 1. The highest BCUT2D eigenvalue weighted by atomic mass is 79.9. The predicted octanol–water partition coefficient (Wildman–Crippen LogP) is 1.03. The van der Waals surface area contributed by atoms with Crippen LogP contribution in [0.3, 0.4) is 0 Å². The number of halogens is 1. The van der Waals surface area contributed by atoms with Gasteiger partial charge < -0.3 is 20.1 Å². The minimum atomic E-state index is -0.549. The first-order valence-corrected chi connectivity index (χ1v) is 9.07. The molecule has 1 aliphatic heterocycles. The SMILES string of the molecule is CN(CCNC(=O)N1CCc2c([nH]c(=O)[nH]c2=O)C1)c1ccc(Br)cc1. The van der Waals surface area contributed by atoms with Crippen LogP contribution in [0.15, 0.2) is 38.3 Å². The van der Waals surface area contributed by atoms with Crippen LogP contribution in [0.5, 0.6) is 0 Å². The van der Waals surface area contributed by atoms with E-state index >= 15 is 0 Å². The van der Waals surface area contributed by atoms with Crippen molar-refractivity contribution >= 4 is 27.6 Å². The summed E-state index contributed by atoms with van der Waals surface area (Å²) in [5.74, 6) is 0. The smallest absolute Gasteiger partial charge is 0.325 e. The van der Waals surface area contributed by atoms with E-state index in [1.165, 1.54) is 0 Å². The van der Waals surface area contributed by atoms with Gasteiger partial charge in [0.1, 0.15) is 0 Å². The fraction of sp³-hybridized carbons (Fsp3) is 0.353. The van der Waals surface area contributed by atoms with E-state index in [1.807, 2.05) is 31.3 Å². The fourth-order valence-electron chi connectivity index (χ4n) is 2.92. The molecule has 1 aromatic carbocycles. The lowest BCUT2D eigenvalue weighted by molar-refractivity contribution is 0.191. The number of aromatic nitrogens is 2. The van der Waals surface area contributed by atoms with Gasteiger partial charge in [0.25, 0.3) is 5.56 Å². The molecule has 3 rings (SSSR count). The number of carbonyl (C=O) groups excluding carboxylic acids is 1. The molecule has 8 nitrogen and oxygen atoms in total. The Kier molecular flexibility index (Phi) is 5.46. The molecule has 0 aliphatic carbocycles. The van der Waals surface area contributed by atoms with Gasteiger partial charge in [0.2, 0.25) is 0 Å². The summed E-state index contributed by atoms with van der Waals surface area (Å²) in [5.41, 5.74) is 1.19. The number of amides is 2. The second-order valence-corrected chi connectivity index (χ2v) is 7.08. The number of rotatable bonds is 4. The van der Waals surface area contributed by atoms with E-state index in [2.05, 4.69) is 36.1 Å². The third-order valence-electron chi connectivity index (χ3n) is 4.39. The molecule has 2 aromatic rings. The average Bonchev–Trinajstić information content (AvgIpc) is 2.61. The monoisotopic (exact) mass is 421 g/mol. The second-order valence-electron chi connectivity index (χ2n) is 6.17. The largest absolute Gasteiger partial charge is 0.373 e. The van der Waals surface area contributed by atoms with Crippen LogP contribution in [0.4, 0.5) is 10.5 Å². The van der Waals surface area contributed by atoms with Crippen molar-refractivity contribution in [3.63, 3.8) is 0 Å². The lowest BCUT2D eigenvalue weighted by Crippen LogP contribution is -2.46. The highest BCUT2D eigenvalue weighted by Gasteiger charge is 2.23. The van der Waals surface area contributed by atoms with Crippen molar-refractivity contribution < 1.29 is 4.79 Å². The van der Waals surface area contributed by atoms with E-state index in [9.17, 15) is 14.4 Å². The third-order valence-corrected chi connectivity index (χ3v) is 4.92. The number of carbonyl (C=O) groups is 1. The van der Waals surface area contributed by atoms with Crippen LogP contribution < -0.4 is 21.5 Å². The molecule has 0 saturated heterocycles. The summed E-state index contributed by atoms with van der Waals surface area (Å²) in [4.78, 5) is 44.0. The molecule has 26 heavy (non-hydrogen) atoms. The van der Waals surface area contributed by atoms with Crippen molar-refractivity contribution in [3.05, 3.63) is 60.8 Å². The van der Waals surface area contributed by atoms with E-state index in [-0.39, 0.29) is 18.1 Å². The van der Waals surface area contributed by atoms with Gasteiger partial charge in [-0.2, -0.15) is 0 Å². The number of hydrogen-bond donors (Lipinski definition) is 3. The second kappa shape index (κ2) is 7.77. The first-order valence-electron chi connectivity index (χ1n) is 8.28. The quantitative estimate of drug-likeness (QED) is 0.685. The summed E-state index contributed by atoms with van der Waals surface area (Å²) in [6.07, 6.45) is 0.424. The van der Waals surface area contributed by atoms with Crippen LogP contribution in [0.2, 0.25) is 0 Å². The summed E-state index contributed by atoms with van der Waals surface area (Å²) in [5, 5.41) is 2.88. The lowest BCUT2D eigenvalue weighted by Gasteiger charge is -2.28. The molecule has 2 heterocycles. The number of nitrogens with zero attached hydrogens (tertiary/aromatic N) is 2. The maximum Gasteiger partial charge on any atom is 0.325 e. The predicted molar refractivity (Wildman–Crippen MR) is 103 cm³/mol. The molecule has 0 unspecified atom stereocenters. The van der Waals surface area contributed by atoms with Crippen molar-refractivity contribution in [1.82, 2.24) is 20.2 Å². The van der Waals surface area contributed by atoms with Gasteiger partial charge in [-0.1, -0.05) is 15.9 Å². The summed E-state index contributed by atoms with van der Waals surface area (Å²) in [6.45, 7) is 1.81. The van der Waals surface area contributed by atoms with Crippen LogP contribution in [0.1, 0.15) is 11.3 Å². The Labute approximate surface area is 158 Å². The first kappa shape index (κ1) is 18.2. The molecule has 0 saturated carbocycles. The van der Waals surface area contributed by atoms with Crippen molar-refractivity contribution in [1.29, 1.82) is 0 Å². The molecule has 2 amide bonds. The van der Waals surface area contributed by atoms with Gasteiger partial charge >= 0.3 is 11.7 Å². The molecule has 0 radical (unpaired) electrons. The van der Waals surface area contributed by atoms with Gasteiger partial charge in [-0.05, 0) is 30.7 Å². The number of nitrogens with one attached hydrogen (secondary N) is 3. The normalized spacial score (nSPS) is 13.2. The molecule has 0 fully saturated rings. The van der Waals surface area contributed by atoms with Gasteiger partial charge in [0.15, 0.2) is 0 Å². The van der Waals surface area contributed by atoms with Crippen molar-refractivity contribution in [2.45, 2.75) is 13.0 Å². The molecule has 1 aromatic heterocycles. The van der Waals surface area contributed by atoms with Crippen molar-refractivity contribution in [2.24, 2.45) is 0 Å². The third kappa shape index (κ3) is 4.16. The standard InChI is InChI=1S/C17H20BrN5O3/c1-22(12-4-2-11(18)3-5-12)9-7-19-17(26)23-8-6-13-14(10-23)20-16(25)21-15(13)24/h2-5H,6-10H2,1H3,(H,19,26)(H2,20,21,24,25). The maximum absolute atomic E-state index is 12.4. The van der Waals surface area contributed by atoms with E-state index in [0.717, 1.165) is 10.2 Å². The Morgan fingerprint density at radius 1 is 1.27 bits per heavy atom. The van der Waals surface area contributed by atoms with Crippen LogP contribution in [0, 0.1) is 0 Å². The highest BCUT2D eigenvalue weighted by molar-refractivity contribution is 9.10. The van der Waals surface area contributed by atoms with E-state index in [1.54, 1.807) is 4.90 Å². The van der Waals surface area contributed by atoms with Crippen LogP contribution in [0.25, 0.3) is 0 Å². The lowest BCUT2D eigenvalue weighted by atomic mass is 10.1. The average molecular weight is 422 g/mol. The Hall–Kier alpha value is -2.55. The Balaban J connectivity index is 1.53. The molecule has 0 spiro atoms. The first-order chi connectivity index (χ1) is 12.4. The minimum Gasteiger partial charge on any atom is -0.373 e. The maximum atomic E-state index is 12.4. The van der Waals surface area contributed by atoms with E-state index in [0.29, 0.717) is 37.3 Å². The minimum absolute atomic E-state index is 0.207. The molecular weight excluding hydrogens is 402 g/mol. The topological polar surface area (TPSA) is 101 Å². The van der Waals surface area contributed by atoms with Gasteiger partial charge in [-0.25, -0.2) is 9.59 Å². The summed E-state index contributed by atoms with van der Waals surface area (Å²) in [7, 11) is 1.96. The summed E-state index contributed by atoms with van der Waals surface area (Å²) >= 11 is 3.41. The summed E-state index contributed by atoms with van der Waals surface area (Å²) in [6, 6.07) is 7.74. The zero-order valence-electron chi connectivity index (χ0n) is 14.3. The molecule has 0 bridgehead atoms. The van der Waals surface area contributed by atoms with E-state index in [4.69, 9.17) is 0 Å². The fourth-order valence-corrected chi connectivity index (χ4v) is 3.18. The number of likely N-dealkylation sites (N-methyl/N-ethyl adjacent to an activating group) is 1.